The van der Waals surface area contributed by atoms with Crippen LogP contribution >= 0.6 is 0 Å². The SMILES string of the molecule is COc1ccc(C(=O)Nc2cc(C(=O)O)c(C)cc2C)c(OCC2CC2)c1. The summed E-state index contributed by atoms with van der Waals surface area (Å²) in [5.74, 6) is 0.233. The Morgan fingerprint density at radius 1 is 1.11 bits per heavy atom. The van der Waals surface area contributed by atoms with Crippen LogP contribution in [0.3, 0.4) is 0 Å². The molecule has 0 heterocycles. The molecule has 1 fully saturated rings. The zero-order valence-electron chi connectivity index (χ0n) is 15.7. The molecule has 6 heteroatoms. The van der Waals surface area contributed by atoms with Crippen LogP contribution in [0.1, 0.15) is 44.7 Å². The minimum absolute atomic E-state index is 0.163. The number of anilines is 1. The quantitative estimate of drug-likeness (QED) is 0.769. The van der Waals surface area contributed by atoms with Crippen LogP contribution in [0, 0.1) is 19.8 Å². The summed E-state index contributed by atoms with van der Waals surface area (Å²) in [4.78, 5) is 24.2. The Hall–Kier alpha value is -3.02. The van der Waals surface area contributed by atoms with Crippen LogP contribution in [0.15, 0.2) is 30.3 Å². The highest BCUT2D eigenvalue weighted by Gasteiger charge is 2.23. The third kappa shape index (κ3) is 4.39. The first-order valence-electron chi connectivity index (χ1n) is 8.85. The predicted octanol–water partition coefficient (Wildman–Crippen LogP) is 4.05. The summed E-state index contributed by atoms with van der Waals surface area (Å²) in [6.45, 7) is 4.13. The zero-order valence-corrected chi connectivity index (χ0v) is 15.7. The average Bonchev–Trinajstić information content (AvgIpc) is 3.46. The second-order valence-corrected chi connectivity index (χ2v) is 6.86. The van der Waals surface area contributed by atoms with E-state index in [1.807, 2.05) is 6.92 Å². The van der Waals surface area contributed by atoms with E-state index < -0.39 is 5.97 Å². The lowest BCUT2D eigenvalue weighted by molar-refractivity contribution is 0.0695. The summed E-state index contributed by atoms with van der Waals surface area (Å²) in [5.41, 5.74) is 2.45. The van der Waals surface area contributed by atoms with E-state index in [4.69, 9.17) is 9.47 Å². The Morgan fingerprint density at radius 2 is 1.85 bits per heavy atom. The molecule has 0 aromatic heterocycles. The van der Waals surface area contributed by atoms with Gasteiger partial charge in [-0.2, -0.15) is 0 Å². The molecule has 1 amide bonds. The van der Waals surface area contributed by atoms with Crippen molar-refractivity contribution in [2.24, 2.45) is 5.92 Å². The van der Waals surface area contributed by atoms with Gasteiger partial charge < -0.3 is 19.9 Å². The molecule has 0 aliphatic heterocycles. The fourth-order valence-corrected chi connectivity index (χ4v) is 2.84. The Morgan fingerprint density at radius 3 is 2.48 bits per heavy atom. The van der Waals surface area contributed by atoms with Crippen molar-refractivity contribution in [1.82, 2.24) is 0 Å². The van der Waals surface area contributed by atoms with E-state index in [-0.39, 0.29) is 11.5 Å². The van der Waals surface area contributed by atoms with Crippen molar-refractivity contribution in [2.75, 3.05) is 19.0 Å². The maximum atomic E-state index is 12.8. The van der Waals surface area contributed by atoms with Gasteiger partial charge in [-0.05, 0) is 61.9 Å². The molecule has 0 spiro atoms. The average molecular weight is 369 g/mol. The van der Waals surface area contributed by atoms with Crippen LogP contribution in [0.5, 0.6) is 11.5 Å². The van der Waals surface area contributed by atoms with E-state index in [1.54, 1.807) is 38.3 Å². The molecule has 142 valence electrons. The largest absolute Gasteiger partial charge is 0.497 e. The van der Waals surface area contributed by atoms with E-state index in [0.717, 1.165) is 18.4 Å². The van der Waals surface area contributed by atoms with Crippen molar-refractivity contribution in [3.05, 3.63) is 52.6 Å². The summed E-state index contributed by atoms with van der Waals surface area (Å²) in [5, 5.41) is 12.1. The highest BCUT2D eigenvalue weighted by Crippen LogP contribution is 2.32. The van der Waals surface area contributed by atoms with E-state index in [9.17, 15) is 14.7 Å². The van der Waals surface area contributed by atoms with Gasteiger partial charge >= 0.3 is 5.97 Å². The van der Waals surface area contributed by atoms with Gasteiger partial charge in [0.2, 0.25) is 0 Å². The number of hydrogen-bond donors (Lipinski definition) is 2. The second kappa shape index (κ2) is 7.70. The number of carboxylic acid groups (broad SMARTS) is 1. The molecule has 2 N–H and O–H groups in total. The van der Waals surface area contributed by atoms with Crippen LogP contribution in [0.25, 0.3) is 0 Å². The Kier molecular flexibility index (Phi) is 5.35. The second-order valence-electron chi connectivity index (χ2n) is 6.86. The fraction of sp³-hybridized carbons (Fsp3) is 0.333. The van der Waals surface area contributed by atoms with Gasteiger partial charge in [-0.3, -0.25) is 4.79 Å². The smallest absolute Gasteiger partial charge is 0.336 e. The number of aromatic carboxylic acids is 1. The van der Waals surface area contributed by atoms with Gasteiger partial charge in [0.25, 0.3) is 5.91 Å². The lowest BCUT2D eigenvalue weighted by Crippen LogP contribution is -2.16. The Bertz CT molecular complexity index is 886. The van der Waals surface area contributed by atoms with E-state index in [1.165, 1.54) is 6.07 Å². The van der Waals surface area contributed by atoms with Gasteiger partial charge in [-0.25, -0.2) is 4.79 Å². The number of carboxylic acids is 1. The normalized spacial score (nSPS) is 13.1. The molecule has 27 heavy (non-hydrogen) atoms. The molecule has 0 saturated heterocycles. The highest BCUT2D eigenvalue weighted by molar-refractivity contribution is 6.07. The molecule has 2 aromatic rings. The van der Waals surface area contributed by atoms with Crippen molar-refractivity contribution in [2.45, 2.75) is 26.7 Å². The number of aryl methyl sites for hydroxylation is 2. The standard InChI is InChI=1S/C21H23NO5/c1-12-8-13(2)18(10-17(12)21(24)25)22-20(23)16-7-6-15(26-3)9-19(16)27-11-14-4-5-14/h6-10,14H,4-5,11H2,1-3H3,(H,22,23)(H,24,25). The Labute approximate surface area is 158 Å². The summed E-state index contributed by atoms with van der Waals surface area (Å²) in [6.07, 6.45) is 2.29. The van der Waals surface area contributed by atoms with Gasteiger partial charge in [0.15, 0.2) is 0 Å². The molecule has 1 aliphatic rings. The molecular weight excluding hydrogens is 346 g/mol. The lowest BCUT2D eigenvalue weighted by Gasteiger charge is -2.15. The number of hydrogen-bond acceptors (Lipinski definition) is 4. The summed E-state index contributed by atoms with van der Waals surface area (Å²) in [6, 6.07) is 8.28. The molecule has 6 nitrogen and oxygen atoms in total. The third-order valence-electron chi connectivity index (χ3n) is 4.65. The fourth-order valence-electron chi connectivity index (χ4n) is 2.84. The minimum atomic E-state index is -1.03. The summed E-state index contributed by atoms with van der Waals surface area (Å²) >= 11 is 0. The number of carbonyl (C=O) groups is 2. The molecule has 3 rings (SSSR count). The van der Waals surface area contributed by atoms with Crippen LogP contribution in [0.4, 0.5) is 5.69 Å². The first kappa shape index (κ1) is 18.8. The summed E-state index contributed by atoms with van der Waals surface area (Å²) in [7, 11) is 1.56. The van der Waals surface area contributed by atoms with Gasteiger partial charge in [-0.1, -0.05) is 6.07 Å². The molecule has 0 bridgehead atoms. The predicted molar refractivity (Wildman–Crippen MR) is 102 cm³/mol. The van der Waals surface area contributed by atoms with Crippen molar-refractivity contribution in [3.8, 4) is 11.5 Å². The zero-order chi connectivity index (χ0) is 19.6. The van der Waals surface area contributed by atoms with Gasteiger partial charge in [0.1, 0.15) is 11.5 Å². The van der Waals surface area contributed by atoms with Crippen LogP contribution in [-0.2, 0) is 0 Å². The lowest BCUT2D eigenvalue weighted by atomic mass is 10.0. The van der Waals surface area contributed by atoms with E-state index in [2.05, 4.69) is 5.32 Å². The first-order chi connectivity index (χ1) is 12.9. The maximum Gasteiger partial charge on any atom is 0.336 e. The third-order valence-corrected chi connectivity index (χ3v) is 4.65. The van der Waals surface area contributed by atoms with E-state index in [0.29, 0.717) is 40.8 Å². The molecular formula is C21H23NO5. The molecule has 1 saturated carbocycles. The van der Waals surface area contributed by atoms with Gasteiger partial charge in [-0.15, -0.1) is 0 Å². The molecule has 0 radical (unpaired) electrons. The number of methoxy groups -OCH3 is 1. The molecule has 1 aliphatic carbocycles. The number of carbonyl (C=O) groups excluding carboxylic acids is 1. The van der Waals surface area contributed by atoms with Crippen molar-refractivity contribution in [1.29, 1.82) is 0 Å². The topological polar surface area (TPSA) is 84.9 Å². The maximum absolute atomic E-state index is 12.8. The van der Waals surface area contributed by atoms with Crippen LogP contribution < -0.4 is 14.8 Å². The van der Waals surface area contributed by atoms with Crippen LogP contribution in [0.2, 0.25) is 0 Å². The highest BCUT2D eigenvalue weighted by atomic mass is 16.5. The number of nitrogens with one attached hydrogen (secondary N) is 1. The number of rotatable bonds is 7. The molecule has 0 unspecified atom stereocenters. The minimum Gasteiger partial charge on any atom is -0.497 e. The van der Waals surface area contributed by atoms with Gasteiger partial charge in [0, 0.05) is 11.8 Å². The molecule has 0 atom stereocenters. The van der Waals surface area contributed by atoms with E-state index >= 15 is 0 Å². The van der Waals surface area contributed by atoms with Crippen molar-refractivity contribution >= 4 is 17.6 Å². The van der Waals surface area contributed by atoms with Crippen molar-refractivity contribution < 1.29 is 24.2 Å². The van der Waals surface area contributed by atoms with Crippen molar-refractivity contribution in [3.63, 3.8) is 0 Å². The van der Waals surface area contributed by atoms with Crippen LogP contribution in [-0.4, -0.2) is 30.7 Å². The number of amides is 1. The first-order valence-corrected chi connectivity index (χ1v) is 8.85. The number of ether oxygens (including phenoxy) is 2. The monoisotopic (exact) mass is 369 g/mol. The summed E-state index contributed by atoms with van der Waals surface area (Å²) < 4.78 is 11.1. The Balaban J connectivity index is 1.87. The number of benzene rings is 2. The van der Waals surface area contributed by atoms with Gasteiger partial charge in [0.05, 0.1) is 24.8 Å². The molecule has 2 aromatic carbocycles.